The zero-order chi connectivity index (χ0) is 11.3. The van der Waals surface area contributed by atoms with Crippen LogP contribution in [0.25, 0.3) is 0 Å². The summed E-state index contributed by atoms with van der Waals surface area (Å²) in [5.74, 6) is 0. The van der Waals surface area contributed by atoms with Gasteiger partial charge >= 0.3 is 6.30 Å². The molecule has 0 aromatic carbocycles. The Bertz CT molecular complexity index is 189. The predicted octanol–water partition coefficient (Wildman–Crippen LogP) is 2.77. The van der Waals surface area contributed by atoms with Crippen LogP contribution in [-0.2, 0) is 4.74 Å². The Labute approximate surface area is 95.9 Å². The van der Waals surface area contributed by atoms with E-state index in [1.54, 1.807) is 0 Å². The van der Waals surface area contributed by atoms with Gasteiger partial charge in [0.15, 0.2) is 0 Å². The molecule has 0 spiro atoms. The zero-order valence-electron chi connectivity index (χ0n) is 8.39. The summed E-state index contributed by atoms with van der Waals surface area (Å²) < 4.78 is 42.8. The van der Waals surface area contributed by atoms with Crippen molar-refractivity contribution in [1.29, 1.82) is 0 Å². The van der Waals surface area contributed by atoms with Gasteiger partial charge in [0.1, 0.15) is 0 Å². The Hall–Kier alpha value is 0.190. The lowest BCUT2D eigenvalue weighted by atomic mass is 10.0. The minimum Gasteiger partial charge on any atom is -0.379 e. The average Bonchev–Trinajstić information content (AvgIpc) is 2.17. The van der Waals surface area contributed by atoms with Gasteiger partial charge in [0.25, 0.3) is 0 Å². The van der Waals surface area contributed by atoms with Crippen LogP contribution in [0, 0.1) is 0 Å². The quantitative estimate of drug-likeness (QED) is 0.448. The van der Waals surface area contributed by atoms with E-state index >= 15 is 0 Å². The number of piperidine rings is 1. The SMILES string of the molecule is FC(F)(F)N1CCCCC1COCCBr. The van der Waals surface area contributed by atoms with Crippen LogP contribution < -0.4 is 0 Å². The van der Waals surface area contributed by atoms with Gasteiger partial charge in [-0.2, -0.15) is 13.2 Å². The molecular formula is C9H15BrF3NO. The Morgan fingerprint density at radius 2 is 2.07 bits per heavy atom. The van der Waals surface area contributed by atoms with Gasteiger partial charge in [-0.05, 0) is 12.8 Å². The first-order valence-electron chi connectivity index (χ1n) is 5.03. The third kappa shape index (κ3) is 4.28. The molecule has 90 valence electrons. The number of rotatable bonds is 4. The van der Waals surface area contributed by atoms with E-state index in [4.69, 9.17) is 4.74 Å². The number of halogens is 4. The maximum Gasteiger partial charge on any atom is 0.460 e. The van der Waals surface area contributed by atoms with E-state index in [1.165, 1.54) is 0 Å². The molecular weight excluding hydrogens is 275 g/mol. The zero-order valence-corrected chi connectivity index (χ0v) is 9.98. The molecule has 0 bridgehead atoms. The van der Waals surface area contributed by atoms with E-state index in [1.807, 2.05) is 0 Å². The van der Waals surface area contributed by atoms with Crippen molar-refractivity contribution in [3.63, 3.8) is 0 Å². The van der Waals surface area contributed by atoms with Crippen LogP contribution in [0.1, 0.15) is 19.3 Å². The molecule has 1 unspecified atom stereocenters. The lowest BCUT2D eigenvalue weighted by molar-refractivity contribution is -0.267. The molecule has 0 radical (unpaired) electrons. The number of ether oxygens (including phenoxy) is 1. The highest BCUT2D eigenvalue weighted by atomic mass is 79.9. The van der Waals surface area contributed by atoms with Gasteiger partial charge in [-0.3, -0.25) is 0 Å². The monoisotopic (exact) mass is 289 g/mol. The standard InChI is InChI=1S/C9H15BrF3NO/c10-4-6-15-7-8-3-1-2-5-14(8)9(11,12)13/h8H,1-7H2. The van der Waals surface area contributed by atoms with Gasteiger partial charge in [0.2, 0.25) is 0 Å². The third-order valence-electron chi connectivity index (χ3n) is 2.48. The summed E-state index contributed by atoms with van der Waals surface area (Å²) in [5, 5.41) is 0.658. The first kappa shape index (κ1) is 13.3. The van der Waals surface area contributed by atoms with Crippen molar-refractivity contribution in [3.8, 4) is 0 Å². The van der Waals surface area contributed by atoms with Crippen molar-refractivity contribution >= 4 is 15.9 Å². The Kier molecular flexibility index (Phi) is 5.35. The van der Waals surface area contributed by atoms with E-state index in [0.29, 0.717) is 29.7 Å². The van der Waals surface area contributed by atoms with Crippen LogP contribution in [0.3, 0.4) is 0 Å². The maximum absolute atomic E-state index is 12.6. The number of hydrogen-bond acceptors (Lipinski definition) is 2. The minimum absolute atomic E-state index is 0.103. The van der Waals surface area contributed by atoms with E-state index in [0.717, 1.165) is 6.42 Å². The normalized spacial score (nSPS) is 24.4. The molecule has 1 aliphatic rings. The molecule has 1 saturated heterocycles. The molecule has 15 heavy (non-hydrogen) atoms. The highest BCUT2D eigenvalue weighted by Crippen LogP contribution is 2.29. The second-order valence-electron chi connectivity index (χ2n) is 3.57. The van der Waals surface area contributed by atoms with Gasteiger partial charge in [0, 0.05) is 17.9 Å². The number of alkyl halides is 4. The van der Waals surface area contributed by atoms with Crippen molar-refractivity contribution in [3.05, 3.63) is 0 Å². The molecule has 2 nitrogen and oxygen atoms in total. The summed E-state index contributed by atoms with van der Waals surface area (Å²) in [5.41, 5.74) is 0. The molecule has 1 rings (SSSR count). The van der Waals surface area contributed by atoms with E-state index in [2.05, 4.69) is 15.9 Å². The first-order valence-corrected chi connectivity index (χ1v) is 6.15. The second kappa shape index (κ2) is 6.06. The van der Waals surface area contributed by atoms with Gasteiger partial charge in [0.05, 0.1) is 13.2 Å². The maximum atomic E-state index is 12.6. The third-order valence-corrected chi connectivity index (χ3v) is 2.81. The summed E-state index contributed by atoms with van der Waals surface area (Å²) in [6.07, 6.45) is -2.17. The van der Waals surface area contributed by atoms with E-state index in [-0.39, 0.29) is 13.2 Å². The molecule has 1 fully saturated rings. The summed E-state index contributed by atoms with van der Waals surface area (Å²) >= 11 is 3.17. The van der Waals surface area contributed by atoms with Gasteiger partial charge in [-0.1, -0.05) is 22.4 Å². The Morgan fingerprint density at radius 1 is 1.33 bits per heavy atom. The number of nitrogens with zero attached hydrogens (tertiary/aromatic N) is 1. The molecule has 1 heterocycles. The van der Waals surface area contributed by atoms with Gasteiger partial charge in [-0.25, -0.2) is 4.90 Å². The fourth-order valence-corrected chi connectivity index (χ4v) is 2.01. The highest BCUT2D eigenvalue weighted by Gasteiger charge is 2.42. The van der Waals surface area contributed by atoms with Crippen LogP contribution >= 0.6 is 15.9 Å². The highest BCUT2D eigenvalue weighted by molar-refractivity contribution is 9.09. The summed E-state index contributed by atoms with van der Waals surface area (Å²) in [7, 11) is 0. The Morgan fingerprint density at radius 3 is 2.67 bits per heavy atom. The first-order chi connectivity index (χ1) is 7.05. The molecule has 0 N–H and O–H groups in total. The number of hydrogen-bond donors (Lipinski definition) is 0. The van der Waals surface area contributed by atoms with Gasteiger partial charge < -0.3 is 4.74 Å². The van der Waals surface area contributed by atoms with Crippen LogP contribution in [0.15, 0.2) is 0 Å². The van der Waals surface area contributed by atoms with Crippen LogP contribution in [0.5, 0.6) is 0 Å². The Balaban J connectivity index is 2.43. The average molecular weight is 290 g/mol. The lowest BCUT2D eigenvalue weighted by Gasteiger charge is -2.36. The van der Waals surface area contributed by atoms with Gasteiger partial charge in [-0.15, -0.1) is 0 Å². The largest absolute Gasteiger partial charge is 0.460 e. The minimum atomic E-state index is -4.22. The lowest BCUT2D eigenvalue weighted by Crippen LogP contribution is -2.50. The van der Waals surface area contributed by atoms with Crippen molar-refractivity contribution < 1.29 is 17.9 Å². The molecule has 0 amide bonds. The molecule has 0 aliphatic carbocycles. The molecule has 0 saturated carbocycles. The molecule has 1 aliphatic heterocycles. The fourth-order valence-electron chi connectivity index (χ4n) is 1.78. The molecule has 0 aromatic heterocycles. The van der Waals surface area contributed by atoms with Crippen LogP contribution in [-0.4, -0.2) is 42.3 Å². The molecule has 0 aromatic rings. The van der Waals surface area contributed by atoms with E-state index < -0.39 is 12.3 Å². The predicted molar refractivity (Wildman–Crippen MR) is 55.0 cm³/mol. The van der Waals surface area contributed by atoms with Crippen LogP contribution in [0.2, 0.25) is 0 Å². The summed E-state index contributed by atoms with van der Waals surface area (Å²) in [4.78, 5) is 0.602. The topological polar surface area (TPSA) is 12.5 Å². The van der Waals surface area contributed by atoms with Crippen molar-refractivity contribution in [2.75, 3.05) is 25.1 Å². The molecule has 6 heteroatoms. The van der Waals surface area contributed by atoms with E-state index in [9.17, 15) is 13.2 Å². The molecule has 1 atom stereocenters. The fraction of sp³-hybridized carbons (Fsp3) is 1.00. The van der Waals surface area contributed by atoms with Crippen molar-refractivity contribution in [1.82, 2.24) is 4.90 Å². The van der Waals surface area contributed by atoms with Crippen molar-refractivity contribution in [2.24, 2.45) is 0 Å². The van der Waals surface area contributed by atoms with Crippen molar-refractivity contribution in [2.45, 2.75) is 31.6 Å². The van der Waals surface area contributed by atoms with Crippen LogP contribution in [0.4, 0.5) is 13.2 Å². The second-order valence-corrected chi connectivity index (χ2v) is 4.37. The summed E-state index contributed by atoms with van der Waals surface area (Å²) in [6.45, 7) is 0.735. The summed E-state index contributed by atoms with van der Waals surface area (Å²) in [6, 6.07) is -0.502. The smallest absolute Gasteiger partial charge is 0.379 e. The number of likely N-dealkylation sites (tertiary alicyclic amines) is 1.